The van der Waals surface area contributed by atoms with Crippen LogP contribution in [0.2, 0.25) is 0 Å². The van der Waals surface area contributed by atoms with Gasteiger partial charge in [-0.3, -0.25) is 9.41 Å². The van der Waals surface area contributed by atoms with E-state index in [0.717, 1.165) is 0 Å². The number of hydrogen-bond donors (Lipinski definition) is 0. The molecule has 0 aliphatic carbocycles. The van der Waals surface area contributed by atoms with E-state index in [4.69, 9.17) is 0 Å². The monoisotopic (exact) mass is 198 g/mol. The fourth-order valence-corrected chi connectivity index (χ4v) is 0.385. The molecule has 0 heterocycles. The molecule has 0 radical (unpaired) electrons. The van der Waals surface area contributed by atoms with Gasteiger partial charge in [-0.15, -0.1) is 17.0 Å². The van der Waals surface area contributed by atoms with Gasteiger partial charge in [0.15, 0.2) is 0 Å². The lowest BCUT2D eigenvalue weighted by molar-refractivity contribution is 1.11. The van der Waals surface area contributed by atoms with Crippen molar-refractivity contribution in [1.82, 2.24) is 0 Å². The molecule has 0 aliphatic heterocycles. The second kappa shape index (κ2) is 10.5. The molecule has 1 aromatic carbocycles. The quantitative estimate of drug-likeness (QED) is 0.602. The van der Waals surface area contributed by atoms with Gasteiger partial charge in [0.1, 0.15) is 0 Å². The average molecular weight is 199 g/mol. The summed E-state index contributed by atoms with van der Waals surface area (Å²) < 4.78 is 0. The van der Waals surface area contributed by atoms with Crippen LogP contribution in [0.15, 0.2) is 36.4 Å². The third-order valence-electron chi connectivity index (χ3n) is 0.667. The van der Waals surface area contributed by atoms with Crippen molar-refractivity contribution in [2.24, 2.45) is 0 Å². The van der Waals surface area contributed by atoms with Crippen molar-refractivity contribution in [3.63, 3.8) is 0 Å². The molecule has 0 saturated heterocycles. The molecule has 0 unspecified atom stereocenters. The Morgan fingerprint density at radius 3 is 0.667 bits per heavy atom. The van der Waals surface area contributed by atoms with Crippen LogP contribution in [0, 0.1) is 0 Å². The van der Waals surface area contributed by atoms with Crippen molar-refractivity contribution in [2.45, 2.75) is 0 Å². The molecule has 3 heteroatoms. The Kier molecular flexibility index (Phi) is 18.5. The topological polar surface area (TPSA) is 0 Å². The molecule has 9 heavy (non-hydrogen) atoms. The highest BCUT2D eigenvalue weighted by Gasteiger charge is 1.57. The maximum atomic E-state index is 2.00. The van der Waals surface area contributed by atoms with E-state index in [-0.39, 0.29) is 26.4 Å². The predicted octanol–water partition coefficient (Wildman–Crippen LogP) is 2.57. The van der Waals surface area contributed by atoms with Gasteiger partial charge in [-0.25, -0.2) is 0 Å². The molecule has 54 valence electrons. The number of benzene rings is 1. The SMILES string of the molecule is Br.F.F.c1ccccc1. The zero-order chi connectivity index (χ0) is 4.24. The van der Waals surface area contributed by atoms with E-state index in [9.17, 15) is 0 Å². The van der Waals surface area contributed by atoms with Gasteiger partial charge in [0.25, 0.3) is 0 Å². The molecule has 0 bridgehead atoms. The Balaban J connectivity index is -0.000000120. The normalized spacial score (nSPS) is 5.33. The fourth-order valence-electron chi connectivity index (χ4n) is 0.385. The summed E-state index contributed by atoms with van der Waals surface area (Å²) in [5.41, 5.74) is 0. The lowest BCUT2D eigenvalue weighted by Gasteiger charge is -1.69. The van der Waals surface area contributed by atoms with Crippen LogP contribution in [-0.2, 0) is 0 Å². The summed E-state index contributed by atoms with van der Waals surface area (Å²) in [6, 6.07) is 12.0. The van der Waals surface area contributed by atoms with Crippen molar-refractivity contribution in [1.29, 1.82) is 0 Å². The first-order valence-corrected chi connectivity index (χ1v) is 2.00. The number of rotatable bonds is 0. The highest BCUT2D eigenvalue weighted by atomic mass is 79.9. The smallest absolute Gasteiger partial charge is 0.0623 e. The molecule has 0 nitrogen and oxygen atoms in total. The van der Waals surface area contributed by atoms with Gasteiger partial charge < -0.3 is 0 Å². The summed E-state index contributed by atoms with van der Waals surface area (Å²) >= 11 is 0. The second-order valence-corrected chi connectivity index (χ2v) is 1.15. The molecular formula is C6H9BrF2. The van der Waals surface area contributed by atoms with Gasteiger partial charge in [-0.2, -0.15) is 0 Å². The predicted molar refractivity (Wildman–Crippen MR) is 41.8 cm³/mol. The third-order valence-corrected chi connectivity index (χ3v) is 0.667. The van der Waals surface area contributed by atoms with Crippen molar-refractivity contribution < 1.29 is 9.41 Å². The Hall–Kier alpha value is -0.440. The Morgan fingerprint density at radius 1 is 0.444 bits per heavy atom. The standard InChI is InChI=1S/C6H6.BrH.2FH/c1-2-4-6-5-3-1;;;/h1-6H;3*1H. The molecule has 0 saturated carbocycles. The second-order valence-electron chi connectivity index (χ2n) is 1.15. The minimum atomic E-state index is 0. The maximum Gasteiger partial charge on any atom is -0.0623 e. The van der Waals surface area contributed by atoms with E-state index in [0.29, 0.717) is 0 Å². The number of hydrogen-bond acceptors (Lipinski definition) is 0. The Morgan fingerprint density at radius 2 is 0.556 bits per heavy atom. The van der Waals surface area contributed by atoms with E-state index in [1.54, 1.807) is 0 Å². The lowest BCUT2D eigenvalue weighted by atomic mass is 10.4. The van der Waals surface area contributed by atoms with Crippen molar-refractivity contribution >= 4 is 17.0 Å². The van der Waals surface area contributed by atoms with E-state index in [1.807, 2.05) is 36.4 Å². The van der Waals surface area contributed by atoms with Crippen LogP contribution in [0.3, 0.4) is 0 Å². The highest BCUT2D eigenvalue weighted by molar-refractivity contribution is 8.93. The van der Waals surface area contributed by atoms with Crippen LogP contribution in [0.5, 0.6) is 0 Å². The summed E-state index contributed by atoms with van der Waals surface area (Å²) in [7, 11) is 0. The third kappa shape index (κ3) is 7.56. The summed E-state index contributed by atoms with van der Waals surface area (Å²) in [5, 5.41) is 0. The van der Waals surface area contributed by atoms with Crippen LogP contribution in [0.1, 0.15) is 0 Å². The summed E-state index contributed by atoms with van der Waals surface area (Å²) in [6.07, 6.45) is 0. The molecule has 0 amide bonds. The van der Waals surface area contributed by atoms with Crippen LogP contribution in [0.25, 0.3) is 0 Å². The van der Waals surface area contributed by atoms with E-state index >= 15 is 0 Å². The minimum Gasteiger partial charge on any atom is -0.269 e. The highest BCUT2D eigenvalue weighted by Crippen LogP contribution is 1.79. The largest absolute Gasteiger partial charge is 0.269 e. The minimum absolute atomic E-state index is 0. The molecule has 0 aromatic heterocycles. The molecule has 0 atom stereocenters. The molecule has 0 aliphatic rings. The van der Waals surface area contributed by atoms with E-state index < -0.39 is 0 Å². The van der Waals surface area contributed by atoms with Gasteiger partial charge in [0, 0.05) is 0 Å². The fraction of sp³-hybridized carbons (Fsp3) is 0. The number of halogens is 3. The van der Waals surface area contributed by atoms with Gasteiger partial charge in [0.05, 0.1) is 0 Å². The van der Waals surface area contributed by atoms with Crippen LogP contribution < -0.4 is 0 Å². The molecule has 1 aromatic rings. The summed E-state index contributed by atoms with van der Waals surface area (Å²) in [6.45, 7) is 0. The zero-order valence-electron chi connectivity index (χ0n) is 4.69. The first-order valence-electron chi connectivity index (χ1n) is 2.00. The van der Waals surface area contributed by atoms with Crippen molar-refractivity contribution in [3.05, 3.63) is 36.4 Å². The van der Waals surface area contributed by atoms with Gasteiger partial charge in [-0.05, 0) is 0 Å². The van der Waals surface area contributed by atoms with Crippen LogP contribution in [-0.4, -0.2) is 0 Å². The van der Waals surface area contributed by atoms with Gasteiger partial charge in [0.2, 0.25) is 0 Å². The average Bonchev–Trinajstić information content (AvgIpc) is 1.72. The van der Waals surface area contributed by atoms with Crippen LogP contribution >= 0.6 is 17.0 Å². The summed E-state index contributed by atoms with van der Waals surface area (Å²) in [5.74, 6) is 0. The van der Waals surface area contributed by atoms with Crippen molar-refractivity contribution in [3.8, 4) is 0 Å². The molecular weight excluding hydrogens is 190 g/mol. The Bertz CT molecular complexity index is 83.0. The molecule has 0 spiro atoms. The molecule has 0 fully saturated rings. The van der Waals surface area contributed by atoms with Gasteiger partial charge in [-0.1, -0.05) is 36.4 Å². The van der Waals surface area contributed by atoms with Gasteiger partial charge >= 0.3 is 0 Å². The summed E-state index contributed by atoms with van der Waals surface area (Å²) in [4.78, 5) is 0. The van der Waals surface area contributed by atoms with E-state index in [2.05, 4.69) is 0 Å². The van der Waals surface area contributed by atoms with Crippen molar-refractivity contribution in [2.75, 3.05) is 0 Å². The lowest BCUT2D eigenvalue weighted by Crippen LogP contribution is -1.47. The Labute approximate surface area is 63.4 Å². The molecule has 1 rings (SSSR count). The maximum absolute atomic E-state index is 2.00. The first kappa shape index (κ1) is 15.8. The zero-order valence-corrected chi connectivity index (χ0v) is 6.40. The molecule has 0 N–H and O–H groups in total. The first-order chi connectivity index (χ1) is 3.00. The van der Waals surface area contributed by atoms with E-state index in [1.165, 1.54) is 0 Å². The van der Waals surface area contributed by atoms with Crippen LogP contribution in [0.4, 0.5) is 9.41 Å².